The molecule has 4 nitrogen and oxygen atoms in total. The Morgan fingerprint density at radius 2 is 2.00 bits per heavy atom. The Morgan fingerprint density at radius 1 is 1.32 bits per heavy atom. The molecule has 9 heteroatoms. The van der Waals surface area contributed by atoms with E-state index in [0.717, 1.165) is 47.7 Å². The fraction of sp³-hybridized carbons (Fsp3) is 0.682. The van der Waals surface area contributed by atoms with Gasteiger partial charge in [-0.3, -0.25) is 0 Å². The first kappa shape index (κ1) is 27.1. The molecule has 1 fully saturated rings. The molecule has 2 heterocycles. The number of aromatic nitrogens is 2. The molecule has 1 unspecified atom stereocenters. The van der Waals surface area contributed by atoms with Crippen LogP contribution in [0.2, 0.25) is 18.1 Å². The van der Waals surface area contributed by atoms with Gasteiger partial charge in [-0.15, -0.1) is 23.2 Å². The standard InChI is InChI=1S/C21H32BrFN2O2Si.CH2Cl2/c1-21(2,3)28(4,5)27-12-8-9-15-17(23)13-18-16(20(15)22)14-24-25(18)19-10-6-7-11-26-19;2-1-3/h13-14,19H,6-12H2,1-5H3;1H2. The van der Waals surface area contributed by atoms with Crippen molar-refractivity contribution in [2.45, 2.75) is 77.2 Å². The first-order valence-electron chi connectivity index (χ1n) is 10.7. The van der Waals surface area contributed by atoms with E-state index in [1.165, 1.54) is 0 Å². The first-order valence-corrected chi connectivity index (χ1v) is 15.5. The van der Waals surface area contributed by atoms with Gasteiger partial charge in [-0.05, 0) is 66.2 Å². The van der Waals surface area contributed by atoms with Gasteiger partial charge < -0.3 is 9.16 Å². The lowest BCUT2D eigenvalue weighted by Gasteiger charge is -2.36. The van der Waals surface area contributed by atoms with E-state index >= 15 is 0 Å². The van der Waals surface area contributed by atoms with Crippen molar-refractivity contribution in [2.24, 2.45) is 0 Å². The van der Waals surface area contributed by atoms with E-state index in [9.17, 15) is 4.39 Å². The monoisotopic (exact) mass is 554 g/mol. The van der Waals surface area contributed by atoms with Crippen LogP contribution in [0.1, 0.15) is 58.2 Å². The van der Waals surface area contributed by atoms with Crippen molar-refractivity contribution in [3.63, 3.8) is 0 Å². The Bertz CT molecular complexity index is 852. The van der Waals surface area contributed by atoms with Gasteiger partial charge in [0.25, 0.3) is 0 Å². The van der Waals surface area contributed by atoms with Gasteiger partial charge in [0.1, 0.15) is 5.82 Å². The lowest BCUT2D eigenvalue weighted by molar-refractivity contribution is -0.0366. The Labute approximate surface area is 205 Å². The van der Waals surface area contributed by atoms with Crippen LogP contribution in [0.4, 0.5) is 4.39 Å². The molecule has 1 aliphatic rings. The summed E-state index contributed by atoms with van der Waals surface area (Å²) >= 11 is 13.2. The number of rotatable bonds is 6. The van der Waals surface area contributed by atoms with E-state index in [1.807, 2.05) is 10.9 Å². The van der Waals surface area contributed by atoms with Gasteiger partial charge in [0, 0.05) is 34.7 Å². The molecule has 0 radical (unpaired) electrons. The number of alkyl halides is 2. The highest BCUT2D eigenvalue weighted by molar-refractivity contribution is 9.10. The molecule has 1 aromatic heterocycles. The molecule has 2 aromatic rings. The smallest absolute Gasteiger partial charge is 0.191 e. The van der Waals surface area contributed by atoms with Crippen molar-refractivity contribution < 1.29 is 13.6 Å². The zero-order chi connectivity index (χ0) is 23.2. The highest BCUT2D eigenvalue weighted by Gasteiger charge is 2.36. The van der Waals surface area contributed by atoms with Crippen LogP contribution in [0.3, 0.4) is 0 Å². The molecule has 0 bridgehead atoms. The minimum Gasteiger partial charge on any atom is -0.417 e. The maximum Gasteiger partial charge on any atom is 0.191 e. The number of nitrogens with zero attached hydrogens (tertiary/aromatic N) is 2. The van der Waals surface area contributed by atoms with Gasteiger partial charge in [0.15, 0.2) is 14.5 Å². The first-order chi connectivity index (χ1) is 14.5. The summed E-state index contributed by atoms with van der Waals surface area (Å²) < 4.78 is 29.6. The molecule has 0 aliphatic carbocycles. The lowest BCUT2D eigenvalue weighted by atomic mass is 10.1. The summed E-state index contributed by atoms with van der Waals surface area (Å²) in [6, 6.07) is 1.61. The molecule has 0 saturated carbocycles. The van der Waals surface area contributed by atoms with E-state index in [0.29, 0.717) is 18.6 Å². The number of ether oxygens (including phenoxy) is 1. The van der Waals surface area contributed by atoms with Gasteiger partial charge in [-0.1, -0.05) is 20.8 Å². The molecule has 1 atom stereocenters. The van der Waals surface area contributed by atoms with E-state index in [-0.39, 0.29) is 22.4 Å². The zero-order valence-corrected chi connectivity index (χ0v) is 23.2. The second-order valence-corrected chi connectivity index (χ2v) is 15.7. The summed E-state index contributed by atoms with van der Waals surface area (Å²) in [5.74, 6) is -0.190. The minimum atomic E-state index is -1.76. The normalized spacial score (nSPS) is 17.5. The molecular formula is C22H34BrCl2FN2O2Si. The lowest BCUT2D eigenvalue weighted by Crippen LogP contribution is -2.41. The molecule has 0 N–H and O–H groups in total. The second kappa shape index (κ2) is 11.8. The van der Waals surface area contributed by atoms with E-state index < -0.39 is 8.32 Å². The van der Waals surface area contributed by atoms with Crippen LogP contribution in [-0.2, 0) is 15.6 Å². The van der Waals surface area contributed by atoms with E-state index in [1.54, 1.807) is 6.07 Å². The molecule has 1 aromatic carbocycles. The number of fused-ring (bicyclic) bond motifs is 1. The van der Waals surface area contributed by atoms with Crippen LogP contribution in [0.15, 0.2) is 16.7 Å². The Kier molecular flexibility index (Phi) is 10.3. The average Bonchev–Trinajstić information content (AvgIpc) is 3.11. The van der Waals surface area contributed by atoms with Crippen molar-refractivity contribution in [1.29, 1.82) is 0 Å². The van der Waals surface area contributed by atoms with Crippen molar-refractivity contribution in [3.05, 3.63) is 28.1 Å². The summed E-state index contributed by atoms with van der Waals surface area (Å²) in [4.78, 5) is 0. The van der Waals surface area contributed by atoms with E-state index in [4.69, 9.17) is 32.4 Å². The maximum atomic E-state index is 14.9. The maximum absolute atomic E-state index is 14.9. The molecule has 1 saturated heterocycles. The summed E-state index contributed by atoms with van der Waals surface area (Å²) in [6.07, 6.45) is 6.27. The minimum absolute atomic E-state index is 0.0959. The van der Waals surface area contributed by atoms with Gasteiger partial charge in [0.05, 0.1) is 17.1 Å². The van der Waals surface area contributed by atoms with Crippen molar-refractivity contribution >= 4 is 58.4 Å². The predicted molar refractivity (Wildman–Crippen MR) is 134 cm³/mol. The summed E-state index contributed by atoms with van der Waals surface area (Å²) in [7, 11) is -1.76. The van der Waals surface area contributed by atoms with Crippen molar-refractivity contribution in [3.8, 4) is 0 Å². The quantitative estimate of drug-likeness (QED) is 0.206. The molecular weight excluding hydrogens is 522 g/mol. The Morgan fingerprint density at radius 3 is 2.58 bits per heavy atom. The molecule has 0 spiro atoms. The number of benzene rings is 1. The van der Waals surface area contributed by atoms with Gasteiger partial charge in [-0.25, -0.2) is 9.07 Å². The summed E-state index contributed by atoms with van der Waals surface area (Å²) in [6.45, 7) is 12.6. The van der Waals surface area contributed by atoms with Crippen LogP contribution in [0.25, 0.3) is 10.9 Å². The predicted octanol–water partition coefficient (Wildman–Crippen LogP) is 8.01. The number of hydrogen-bond donors (Lipinski definition) is 0. The van der Waals surface area contributed by atoms with Gasteiger partial charge >= 0.3 is 0 Å². The van der Waals surface area contributed by atoms with Crippen LogP contribution < -0.4 is 0 Å². The van der Waals surface area contributed by atoms with Crippen LogP contribution in [0.5, 0.6) is 0 Å². The Balaban J connectivity index is 0.00000107. The average molecular weight is 556 g/mol. The fourth-order valence-corrected chi connectivity index (χ4v) is 5.11. The highest BCUT2D eigenvalue weighted by Crippen LogP contribution is 2.37. The summed E-state index contributed by atoms with van der Waals surface area (Å²) in [5, 5.41) is 5.82. The highest BCUT2D eigenvalue weighted by atomic mass is 79.9. The molecule has 3 rings (SSSR count). The topological polar surface area (TPSA) is 36.3 Å². The van der Waals surface area contributed by atoms with Gasteiger partial charge in [0.2, 0.25) is 0 Å². The van der Waals surface area contributed by atoms with Crippen molar-refractivity contribution in [2.75, 3.05) is 18.6 Å². The third-order valence-electron chi connectivity index (χ3n) is 6.16. The van der Waals surface area contributed by atoms with Crippen LogP contribution in [-0.4, -0.2) is 36.7 Å². The van der Waals surface area contributed by atoms with Gasteiger partial charge in [-0.2, -0.15) is 5.10 Å². The van der Waals surface area contributed by atoms with E-state index in [2.05, 4.69) is 54.9 Å². The SMILES string of the molecule is CC(C)(C)[Si](C)(C)OCCCc1c(F)cc2c(cnn2C2CCCCO2)c1Br.ClCCl. The summed E-state index contributed by atoms with van der Waals surface area (Å²) in [5.41, 5.74) is 1.49. The Hall–Kier alpha value is -0.183. The zero-order valence-electron chi connectivity index (χ0n) is 19.1. The number of hydrogen-bond acceptors (Lipinski definition) is 3. The largest absolute Gasteiger partial charge is 0.417 e. The third kappa shape index (κ3) is 6.90. The van der Waals surface area contributed by atoms with Crippen molar-refractivity contribution in [1.82, 2.24) is 9.78 Å². The molecule has 31 heavy (non-hydrogen) atoms. The molecule has 0 amide bonds. The van der Waals surface area contributed by atoms with Crippen LogP contribution in [0, 0.1) is 5.82 Å². The van der Waals surface area contributed by atoms with Crippen LogP contribution >= 0.6 is 39.1 Å². The number of halogens is 4. The molecule has 1 aliphatic heterocycles. The third-order valence-corrected chi connectivity index (χ3v) is 11.6. The molecule has 176 valence electrons. The second-order valence-electron chi connectivity index (χ2n) is 9.31. The fourth-order valence-electron chi connectivity index (χ4n) is 3.33.